The molecule has 134 valence electrons. The van der Waals surface area contributed by atoms with Gasteiger partial charge in [-0.1, -0.05) is 29.4 Å². The van der Waals surface area contributed by atoms with Crippen LogP contribution in [0, 0.1) is 0 Å². The van der Waals surface area contributed by atoms with Gasteiger partial charge in [-0.05, 0) is 12.5 Å². The predicted molar refractivity (Wildman–Crippen MR) is 89.0 cm³/mol. The highest BCUT2D eigenvalue weighted by molar-refractivity contribution is 7.86. The van der Waals surface area contributed by atoms with Gasteiger partial charge in [-0.25, -0.2) is 9.59 Å². The fourth-order valence-electron chi connectivity index (χ4n) is 1.84. The van der Waals surface area contributed by atoms with Crippen LogP contribution < -0.4 is 10.9 Å². The van der Waals surface area contributed by atoms with Gasteiger partial charge in [0.2, 0.25) is 0 Å². The third-order valence-electron chi connectivity index (χ3n) is 3.18. The Kier molecular flexibility index (Phi) is 7.00. The lowest BCUT2D eigenvalue weighted by molar-refractivity contribution is -0.162. The van der Waals surface area contributed by atoms with E-state index in [9.17, 15) is 26.8 Å². The second-order valence-corrected chi connectivity index (χ2v) is 6.58. The summed E-state index contributed by atoms with van der Waals surface area (Å²) in [5.74, 6) is -2.55. The molecule has 0 aliphatic rings. The van der Waals surface area contributed by atoms with Crippen LogP contribution in [0.4, 0.5) is 8.78 Å². The minimum absolute atomic E-state index is 0.114. The maximum absolute atomic E-state index is 13.3. The molecule has 0 fully saturated rings. The van der Waals surface area contributed by atoms with E-state index in [4.69, 9.17) is 28.1 Å². The van der Waals surface area contributed by atoms with Crippen LogP contribution in [-0.4, -0.2) is 66.4 Å². The Morgan fingerprint density at radius 2 is 1.88 bits per heavy atom. The van der Waals surface area contributed by atoms with Crippen molar-refractivity contribution in [2.24, 2.45) is 0 Å². The summed E-state index contributed by atoms with van der Waals surface area (Å²) in [5, 5.41) is -4.73. The molecule has 13 heteroatoms. The Morgan fingerprint density at radius 3 is 2.38 bits per heavy atom. The van der Waals surface area contributed by atoms with E-state index in [1.165, 1.54) is 12.1 Å². The SMILES string of the molecule is [B]Cc1c([B])cc([B])cc1C(=O)OCC(=O)OC(C)C(F)(F)S(=O)(=O)O. The van der Waals surface area contributed by atoms with Crippen molar-refractivity contribution in [2.75, 3.05) is 6.61 Å². The van der Waals surface area contributed by atoms with Crippen molar-refractivity contribution < 1.29 is 40.8 Å². The van der Waals surface area contributed by atoms with Crippen molar-refractivity contribution in [3.8, 4) is 0 Å². The standard InChI is InChI=1S/C13H11B3F2O7S/c1-6(13(17,18)26(21,22)23)25-11(19)5-24-12(20)8-2-7(15)3-10(16)9(8)4-14/h2-3,6H,4-5H2,1H3,(H,21,22,23). The summed E-state index contributed by atoms with van der Waals surface area (Å²) in [6, 6.07) is 2.55. The first-order valence-corrected chi connectivity index (χ1v) is 8.34. The van der Waals surface area contributed by atoms with Gasteiger partial charge in [-0.15, -0.1) is 0 Å². The molecule has 0 spiro atoms. The zero-order chi connectivity index (χ0) is 20.3. The van der Waals surface area contributed by atoms with Crippen LogP contribution in [0.25, 0.3) is 0 Å². The highest BCUT2D eigenvalue weighted by atomic mass is 32.2. The van der Waals surface area contributed by atoms with Crippen LogP contribution in [0.2, 0.25) is 0 Å². The van der Waals surface area contributed by atoms with Crippen LogP contribution in [-0.2, 0) is 30.7 Å². The maximum atomic E-state index is 13.3. The molecule has 1 aromatic rings. The smallest absolute Gasteiger partial charge is 0.405 e. The molecule has 0 bridgehead atoms. The number of rotatable bonds is 7. The van der Waals surface area contributed by atoms with E-state index in [1.807, 2.05) is 0 Å². The van der Waals surface area contributed by atoms with E-state index in [0.717, 1.165) is 0 Å². The number of esters is 2. The summed E-state index contributed by atoms with van der Waals surface area (Å²) >= 11 is 0. The molecule has 1 aromatic carbocycles. The number of benzene rings is 1. The number of ether oxygens (including phenoxy) is 2. The highest BCUT2D eigenvalue weighted by Crippen LogP contribution is 2.27. The largest absolute Gasteiger partial charge is 0.452 e. The van der Waals surface area contributed by atoms with E-state index in [1.54, 1.807) is 0 Å². The lowest BCUT2D eigenvalue weighted by atomic mass is 9.77. The van der Waals surface area contributed by atoms with Crippen LogP contribution >= 0.6 is 0 Å². The van der Waals surface area contributed by atoms with Gasteiger partial charge in [0.1, 0.15) is 15.7 Å². The van der Waals surface area contributed by atoms with Crippen LogP contribution in [0.1, 0.15) is 22.8 Å². The molecule has 0 aliphatic heterocycles. The first-order valence-electron chi connectivity index (χ1n) is 6.90. The number of carbonyl (C=O) groups excluding carboxylic acids is 2. The van der Waals surface area contributed by atoms with Gasteiger partial charge < -0.3 is 9.47 Å². The number of carbonyl (C=O) groups is 2. The van der Waals surface area contributed by atoms with E-state index >= 15 is 0 Å². The molecular formula is C13H11B3F2O7S. The summed E-state index contributed by atoms with van der Waals surface area (Å²) in [7, 11) is 10.9. The van der Waals surface area contributed by atoms with E-state index < -0.39 is 40.0 Å². The van der Waals surface area contributed by atoms with Crippen molar-refractivity contribution in [3.63, 3.8) is 0 Å². The molecule has 0 saturated carbocycles. The van der Waals surface area contributed by atoms with E-state index in [2.05, 4.69) is 9.47 Å². The van der Waals surface area contributed by atoms with Gasteiger partial charge in [0.15, 0.2) is 12.7 Å². The molecule has 1 N–H and O–H groups in total. The Balaban J connectivity index is 2.79. The van der Waals surface area contributed by atoms with Gasteiger partial charge in [0.05, 0.1) is 13.4 Å². The highest BCUT2D eigenvalue weighted by Gasteiger charge is 2.52. The summed E-state index contributed by atoms with van der Waals surface area (Å²) in [6.07, 6.45) is -2.66. The minimum Gasteiger partial charge on any atom is -0.452 e. The first-order chi connectivity index (χ1) is 11.8. The van der Waals surface area contributed by atoms with Crippen molar-refractivity contribution in [1.29, 1.82) is 0 Å². The Hall–Kier alpha value is -1.88. The van der Waals surface area contributed by atoms with Gasteiger partial charge in [0, 0.05) is 0 Å². The maximum Gasteiger partial charge on any atom is 0.405 e. The van der Waals surface area contributed by atoms with Gasteiger partial charge >= 0.3 is 27.3 Å². The van der Waals surface area contributed by atoms with Crippen molar-refractivity contribution in [2.45, 2.75) is 24.6 Å². The molecular weight excluding hydrogens is 371 g/mol. The number of alkyl halides is 2. The topological polar surface area (TPSA) is 107 Å². The van der Waals surface area contributed by atoms with Crippen LogP contribution in [0.3, 0.4) is 0 Å². The average molecular weight is 382 g/mol. The number of hydrogen-bond donors (Lipinski definition) is 1. The quantitative estimate of drug-likeness (QED) is 0.348. The van der Waals surface area contributed by atoms with Crippen LogP contribution in [0.5, 0.6) is 0 Å². The number of halogens is 2. The summed E-state index contributed by atoms with van der Waals surface area (Å²) in [6.45, 7) is -0.567. The van der Waals surface area contributed by atoms with Crippen LogP contribution in [0.15, 0.2) is 12.1 Å². The molecule has 0 amide bonds. The molecule has 26 heavy (non-hydrogen) atoms. The Bertz CT molecular complexity index is 814. The zero-order valence-electron chi connectivity index (χ0n) is 13.4. The molecule has 1 atom stereocenters. The lowest BCUT2D eigenvalue weighted by Gasteiger charge is -2.20. The average Bonchev–Trinajstić information content (AvgIpc) is 2.50. The molecule has 0 heterocycles. The lowest BCUT2D eigenvalue weighted by Crippen LogP contribution is -2.42. The monoisotopic (exact) mass is 382 g/mol. The Morgan fingerprint density at radius 1 is 1.31 bits per heavy atom. The van der Waals surface area contributed by atoms with Gasteiger partial charge in [-0.3, -0.25) is 4.55 Å². The second kappa shape index (κ2) is 8.21. The summed E-state index contributed by atoms with van der Waals surface area (Å²) in [4.78, 5) is 23.5. The van der Waals surface area contributed by atoms with E-state index in [0.29, 0.717) is 6.92 Å². The van der Waals surface area contributed by atoms with Gasteiger partial charge in [-0.2, -0.15) is 17.2 Å². The predicted octanol–water partition coefficient (Wildman–Crippen LogP) is -1.49. The summed E-state index contributed by atoms with van der Waals surface area (Å²) in [5.41, 5.74) is 0.303. The van der Waals surface area contributed by atoms with Crippen molar-refractivity contribution in [3.05, 3.63) is 23.3 Å². The van der Waals surface area contributed by atoms with Crippen molar-refractivity contribution >= 4 is 56.5 Å². The van der Waals surface area contributed by atoms with Crippen molar-refractivity contribution in [1.82, 2.24) is 0 Å². The fraction of sp³-hybridized carbons (Fsp3) is 0.385. The fourth-order valence-corrected chi connectivity index (χ4v) is 2.31. The number of hydrogen-bond acceptors (Lipinski definition) is 6. The third-order valence-corrected chi connectivity index (χ3v) is 4.20. The summed E-state index contributed by atoms with van der Waals surface area (Å²) < 4.78 is 64.8. The van der Waals surface area contributed by atoms with Gasteiger partial charge in [0.25, 0.3) is 0 Å². The molecule has 1 rings (SSSR count). The third kappa shape index (κ3) is 5.07. The normalized spacial score (nSPS) is 13.1. The second-order valence-electron chi connectivity index (χ2n) is 5.09. The molecule has 7 nitrogen and oxygen atoms in total. The molecule has 1 unspecified atom stereocenters. The Labute approximate surface area is 152 Å². The first kappa shape index (κ1) is 22.2. The van der Waals surface area contributed by atoms with E-state index in [-0.39, 0.29) is 28.4 Å². The minimum atomic E-state index is -5.80. The molecule has 0 aliphatic carbocycles. The molecule has 0 saturated heterocycles. The zero-order valence-corrected chi connectivity index (χ0v) is 14.3. The molecule has 0 aromatic heterocycles. The molecule has 6 radical (unpaired) electrons.